The summed E-state index contributed by atoms with van der Waals surface area (Å²) < 4.78 is 6.90. The highest BCUT2D eigenvalue weighted by atomic mass is 79.9. The van der Waals surface area contributed by atoms with Crippen molar-refractivity contribution in [3.05, 3.63) is 23.9 Å². The van der Waals surface area contributed by atoms with Crippen LogP contribution in [0.25, 0.3) is 0 Å². The van der Waals surface area contributed by atoms with E-state index in [9.17, 15) is 4.79 Å². The number of carbonyl (C=O) groups is 1. The number of rotatable bonds is 0. The smallest absolute Gasteiger partial charge is 0.426 e. The molecule has 1 fully saturated rings. The lowest BCUT2D eigenvalue weighted by molar-refractivity contribution is -0.0151. The molecular formula is C11H12BrN3O2. The summed E-state index contributed by atoms with van der Waals surface area (Å²) in [6.45, 7) is 1.70. The van der Waals surface area contributed by atoms with Crippen molar-refractivity contribution in [1.82, 2.24) is 10.3 Å². The molecular weight excluding hydrogens is 286 g/mol. The number of anilines is 1. The van der Waals surface area contributed by atoms with E-state index in [1.165, 1.54) is 3.93 Å². The first-order valence-corrected chi connectivity index (χ1v) is 6.29. The van der Waals surface area contributed by atoms with Gasteiger partial charge in [0, 0.05) is 24.6 Å². The highest BCUT2D eigenvalue weighted by Gasteiger charge is 2.46. The zero-order valence-electron chi connectivity index (χ0n) is 9.15. The van der Waals surface area contributed by atoms with Crippen molar-refractivity contribution in [1.29, 1.82) is 0 Å². The summed E-state index contributed by atoms with van der Waals surface area (Å²) >= 11 is 3.18. The summed E-state index contributed by atoms with van der Waals surface area (Å²) in [7, 11) is 0. The molecule has 0 saturated carbocycles. The largest absolute Gasteiger partial charge is 0.437 e. The molecule has 6 heteroatoms. The maximum absolute atomic E-state index is 11.8. The van der Waals surface area contributed by atoms with E-state index in [1.54, 1.807) is 6.20 Å². The maximum Gasteiger partial charge on any atom is 0.426 e. The summed E-state index contributed by atoms with van der Waals surface area (Å²) in [5.74, 6) is 0.644. The van der Waals surface area contributed by atoms with E-state index < -0.39 is 11.7 Å². The van der Waals surface area contributed by atoms with Crippen LogP contribution in [-0.4, -0.2) is 24.2 Å². The molecule has 0 bridgehead atoms. The second-order valence-corrected chi connectivity index (χ2v) is 4.98. The van der Waals surface area contributed by atoms with Crippen LogP contribution in [0.15, 0.2) is 18.3 Å². The number of fused-ring (bicyclic) bond motifs is 2. The third kappa shape index (κ3) is 1.63. The lowest BCUT2D eigenvalue weighted by Crippen LogP contribution is -2.48. The molecule has 1 spiro atoms. The van der Waals surface area contributed by atoms with Crippen LogP contribution in [0.5, 0.6) is 0 Å². The van der Waals surface area contributed by atoms with Gasteiger partial charge in [-0.2, -0.15) is 3.93 Å². The molecule has 3 heterocycles. The average Bonchev–Trinajstić information content (AvgIpc) is 2.38. The summed E-state index contributed by atoms with van der Waals surface area (Å²) in [4.78, 5) is 16.1. The van der Waals surface area contributed by atoms with Gasteiger partial charge >= 0.3 is 6.09 Å². The van der Waals surface area contributed by atoms with E-state index in [0.29, 0.717) is 5.82 Å². The van der Waals surface area contributed by atoms with Gasteiger partial charge in [-0.3, -0.25) is 0 Å². The second-order valence-electron chi connectivity index (χ2n) is 4.27. The van der Waals surface area contributed by atoms with Gasteiger partial charge in [-0.05, 0) is 25.2 Å². The number of ether oxygens (including phenoxy) is 1. The van der Waals surface area contributed by atoms with Crippen molar-refractivity contribution in [3.8, 4) is 0 Å². The number of hydrogen-bond donors (Lipinski definition) is 1. The fraction of sp³-hybridized carbons (Fsp3) is 0.455. The van der Waals surface area contributed by atoms with E-state index in [1.807, 2.05) is 12.1 Å². The van der Waals surface area contributed by atoms with Gasteiger partial charge in [0.25, 0.3) is 0 Å². The molecule has 0 unspecified atom stereocenters. The number of carbonyl (C=O) groups excluding carboxylic acids is 1. The molecule has 2 aliphatic rings. The fourth-order valence-electron chi connectivity index (χ4n) is 2.46. The minimum atomic E-state index is -0.504. The van der Waals surface area contributed by atoms with Gasteiger partial charge < -0.3 is 10.1 Å². The van der Waals surface area contributed by atoms with Crippen molar-refractivity contribution < 1.29 is 9.53 Å². The van der Waals surface area contributed by atoms with Gasteiger partial charge in [0.15, 0.2) is 5.82 Å². The molecule has 5 nitrogen and oxygen atoms in total. The number of piperidine rings is 1. The first kappa shape index (κ1) is 11.0. The Hall–Kier alpha value is -1.14. The van der Waals surface area contributed by atoms with Crippen LogP contribution in [0, 0.1) is 0 Å². The van der Waals surface area contributed by atoms with Crippen LogP contribution in [0.4, 0.5) is 10.6 Å². The van der Waals surface area contributed by atoms with E-state index in [0.717, 1.165) is 31.5 Å². The number of nitrogens with zero attached hydrogens (tertiary/aromatic N) is 2. The fourth-order valence-corrected chi connectivity index (χ4v) is 2.81. The molecule has 1 amide bonds. The van der Waals surface area contributed by atoms with Crippen LogP contribution in [0.3, 0.4) is 0 Å². The number of aromatic nitrogens is 1. The van der Waals surface area contributed by atoms with Gasteiger partial charge in [-0.25, -0.2) is 9.78 Å². The van der Waals surface area contributed by atoms with E-state index >= 15 is 0 Å². The standard InChI is InChI=1S/C11H12BrN3O2/c12-15-9-8(2-1-5-14-9)11(17-10(15)16)3-6-13-7-4-11/h1-2,5,13H,3-4,6-7H2. The van der Waals surface area contributed by atoms with Crippen molar-refractivity contribution in [2.45, 2.75) is 18.4 Å². The summed E-state index contributed by atoms with van der Waals surface area (Å²) in [5.41, 5.74) is 0.480. The molecule has 0 aromatic carbocycles. The predicted molar refractivity (Wildman–Crippen MR) is 65.9 cm³/mol. The van der Waals surface area contributed by atoms with E-state index in [2.05, 4.69) is 26.4 Å². The lowest BCUT2D eigenvalue weighted by atomic mass is 9.84. The minimum absolute atomic E-state index is 0.391. The molecule has 1 aromatic rings. The summed E-state index contributed by atoms with van der Waals surface area (Å²) in [5, 5.41) is 3.28. The Morgan fingerprint density at radius 3 is 3.00 bits per heavy atom. The van der Waals surface area contributed by atoms with Crippen LogP contribution >= 0.6 is 16.1 Å². The molecule has 3 rings (SSSR count). The van der Waals surface area contributed by atoms with Crippen LogP contribution in [0.2, 0.25) is 0 Å². The van der Waals surface area contributed by atoms with Gasteiger partial charge in [-0.15, -0.1) is 0 Å². The first-order chi connectivity index (χ1) is 8.23. The monoisotopic (exact) mass is 297 g/mol. The SMILES string of the molecule is O=C1OC2(CCNCC2)c2cccnc2N1Br. The topological polar surface area (TPSA) is 54.5 Å². The van der Waals surface area contributed by atoms with E-state index in [4.69, 9.17) is 4.74 Å². The Morgan fingerprint density at radius 2 is 2.24 bits per heavy atom. The Kier molecular flexibility index (Phi) is 2.56. The van der Waals surface area contributed by atoms with Crippen molar-refractivity contribution in [3.63, 3.8) is 0 Å². The van der Waals surface area contributed by atoms with Crippen molar-refractivity contribution >= 4 is 28.1 Å². The Labute approximate surface area is 107 Å². The third-order valence-electron chi connectivity index (χ3n) is 3.32. The van der Waals surface area contributed by atoms with Gasteiger partial charge in [-0.1, -0.05) is 0 Å². The van der Waals surface area contributed by atoms with E-state index in [-0.39, 0.29) is 0 Å². The van der Waals surface area contributed by atoms with Crippen LogP contribution < -0.4 is 9.24 Å². The lowest BCUT2D eigenvalue weighted by Gasteiger charge is -2.42. The number of hydrogen-bond acceptors (Lipinski definition) is 4. The van der Waals surface area contributed by atoms with Gasteiger partial charge in [0.2, 0.25) is 0 Å². The highest BCUT2D eigenvalue weighted by molar-refractivity contribution is 9.10. The van der Waals surface area contributed by atoms with Crippen molar-refractivity contribution in [2.24, 2.45) is 0 Å². The summed E-state index contributed by atoms with van der Waals surface area (Å²) in [6.07, 6.45) is 2.87. The molecule has 90 valence electrons. The number of halogens is 1. The second kappa shape index (κ2) is 3.96. The molecule has 17 heavy (non-hydrogen) atoms. The number of pyridine rings is 1. The summed E-state index contributed by atoms with van der Waals surface area (Å²) in [6, 6.07) is 3.86. The number of amides is 1. The molecule has 0 radical (unpaired) electrons. The molecule has 1 aromatic heterocycles. The molecule has 0 aliphatic carbocycles. The normalized spacial score (nSPS) is 22.2. The van der Waals surface area contributed by atoms with Gasteiger partial charge in [0.05, 0.1) is 16.1 Å². The minimum Gasteiger partial charge on any atom is -0.437 e. The van der Waals surface area contributed by atoms with Gasteiger partial charge in [0.1, 0.15) is 5.60 Å². The van der Waals surface area contributed by atoms with Crippen LogP contribution in [0.1, 0.15) is 18.4 Å². The zero-order valence-corrected chi connectivity index (χ0v) is 10.7. The van der Waals surface area contributed by atoms with Crippen LogP contribution in [-0.2, 0) is 10.3 Å². The maximum atomic E-state index is 11.8. The molecule has 2 aliphatic heterocycles. The molecule has 1 N–H and O–H groups in total. The highest BCUT2D eigenvalue weighted by Crippen LogP contribution is 2.44. The Bertz CT molecular complexity index is 460. The number of nitrogens with one attached hydrogen (secondary N) is 1. The third-order valence-corrected chi connectivity index (χ3v) is 3.94. The Morgan fingerprint density at radius 1 is 1.47 bits per heavy atom. The van der Waals surface area contributed by atoms with Crippen molar-refractivity contribution in [2.75, 3.05) is 17.0 Å². The zero-order chi connectivity index (χ0) is 11.9. The molecule has 0 atom stereocenters. The predicted octanol–water partition coefficient (Wildman–Crippen LogP) is 1.93. The quantitative estimate of drug-likeness (QED) is 0.744. The first-order valence-electron chi connectivity index (χ1n) is 5.58. The molecule has 1 saturated heterocycles. The Balaban J connectivity index is 2.12. The average molecular weight is 298 g/mol.